The number of fused-ring (bicyclic) bond motifs is 2. The fourth-order valence-corrected chi connectivity index (χ4v) is 7.19. The Bertz CT molecular complexity index is 3210. The molecule has 0 aliphatic carbocycles. The molecule has 5 N–H and O–H groups in total. The number of oxazole rings is 1. The van der Waals surface area contributed by atoms with E-state index < -0.39 is 11.6 Å². The van der Waals surface area contributed by atoms with Gasteiger partial charge in [0.25, 0.3) is 5.69 Å². The van der Waals surface area contributed by atoms with Crippen molar-refractivity contribution in [3.05, 3.63) is 122 Å². The number of halogens is 3. The number of nitrogens with zero attached hydrogens (tertiary/aromatic N) is 10. The summed E-state index contributed by atoms with van der Waals surface area (Å²) in [5.41, 5.74) is 12.7. The van der Waals surface area contributed by atoms with Crippen molar-refractivity contribution in [1.82, 2.24) is 34.7 Å². The van der Waals surface area contributed by atoms with Gasteiger partial charge in [-0.1, -0.05) is 13.2 Å². The van der Waals surface area contributed by atoms with Crippen LogP contribution in [0.15, 0.2) is 114 Å². The summed E-state index contributed by atoms with van der Waals surface area (Å²) in [6.45, 7) is 10.2. The molecule has 390 valence electrons. The number of rotatable bonds is 18. The molecule has 1 aliphatic rings. The Morgan fingerprint density at radius 1 is 0.733 bits per heavy atom. The molecule has 0 spiro atoms. The Balaban J connectivity index is 0.000000202. The first kappa shape index (κ1) is 55.5. The number of ether oxygens (including phenoxy) is 3. The molecule has 2 amide bonds. The minimum Gasteiger partial charge on any atom is -0.495 e. The third-order valence-electron chi connectivity index (χ3n) is 11.0. The molecule has 0 saturated heterocycles. The van der Waals surface area contributed by atoms with Gasteiger partial charge in [-0.15, -0.1) is 0 Å². The van der Waals surface area contributed by atoms with Crippen molar-refractivity contribution in [3.8, 4) is 39.8 Å². The molecule has 0 bridgehead atoms. The number of likely N-dealkylation sites (N-methyl/N-ethyl adjacent to an activating group) is 4. The van der Waals surface area contributed by atoms with Gasteiger partial charge in [0.2, 0.25) is 28.9 Å². The fraction of sp³-hybridized carbons (Fsp3) is 0.231. The smallest absolute Gasteiger partial charge is 0.371 e. The number of aromatic nitrogens is 5. The van der Waals surface area contributed by atoms with Crippen LogP contribution in [0.1, 0.15) is 0 Å². The number of carbonyl (C=O) groups excluding carboxylic acids is 2. The highest BCUT2D eigenvalue weighted by Crippen LogP contribution is 2.40. The number of nitrogens with one attached hydrogen (secondary N) is 3. The zero-order valence-corrected chi connectivity index (χ0v) is 43.3. The molecular formula is C52H56ClF2N14O6+. The molecule has 3 aromatic heterocycles. The van der Waals surface area contributed by atoms with Gasteiger partial charge in [0.15, 0.2) is 17.8 Å². The van der Waals surface area contributed by atoms with Gasteiger partial charge in [0.05, 0.1) is 59.7 Å². The minimum absolute atomic E-state index is 0.0777. The predicted molar refractivity (Wildman–Crippen MR) is 290 cm³/mol. The topological polar surface area (TPSA) is 227 Å². The number of amides is 2. The van der Waals surface area contributed by atoms with E-state index in [9.17, 15) is 18.4 Å². The lowest BCUT2D eigenvalue weighted by molar-refractivity contribution is -0.112. The minimum atomic E-state index is -0.531. The number of aliphatic imine (C=N–C) groups is 1. The summed E-state index contributed by atoms with van der Waals surface area (Å²) in [7, 11) is 15.0. The molecule has 20 nitrogen and oxygen atoms in total. The van der Waals surface area contributed by atoms with Gasteiger partial charge in [-0.3, -0.25) is 9.59 Å². The highest BCUT2D eigenvalue weighted by Gasteiger charge is 2.29. The summed E-state index contributed by atoms with van der Waals surface area (Å²) in [5.74, 6) is -0.230. The summed E-state index contributed by atoms with van der Waals surface area (Å²) in [6.07, 6.45) is 8.94. The van der Waals surface area contributed by atoms with Gasteiger partial charge >= 0.3 is 12.2 Å². The van der Waals surface area contributed by atoms with Crippen molar-refractivity contribution >= 4 is 86.7 Å². The van der Waals surface area contributed by atoms with Gasteiger partial charge in [0, 0.05) is 88.1 Å². The van der Waals surface area contributed by atoms with Crippen LogP contribution in [-0.2, 0) is 9.59 Å². The second kappa shape index (κ2) is 25.7. The van der Waals surface area contributed by atoms with Crippen LogP contribution in [0.3, 0.4) is 0 Å². The highest BCUT2D eigenvalue weighted by atomic mass is 35.5. The second-order valence-corrected chi connectivity index (χ2v) is 17.2. The lowest BCUT2D eigenvalue weighted by Gasteiger charge is -2.26. The van der Waals surface area contributed by atoms with E-state index in [-0.39, 0.29) is 34.4 Å². The Kier molecular flexibility index (Phi) is 19.0. The number of hydrogen-bond donors (Lipinski definition) is 4. The van der Waals surface area contributed by atoms with Gasteiger partial charge in [-0.25, -0.2) is 34.0 Å². The zero-order valence-electron chi connectivity index (χ0n) is 42.5. The maximum Gasteiger partial charge on any atom is 0.371 e. The lowest BCUT2D eigenvalue weighted by Crippen LogP contribution is -2.29. The summed E-state index contributed by atoms with van der Waals surface area (Å²) < 4.78 is 48.8. The molecule has 4 heterocycles. The molecule has 0 atom stereocenters. The summed E-state index contributed by atoms with van der Waals surface area (Å²) in [6, 6.07) is 16.4. The Morgan fingerprint density at radius 3 is 1.91 bits per heavy atom. The molecule has 0 unspecified atom stereocenters. The van der Waals surface area contributed by atoms with E-state index in [1.165, 1.54) is 36.9 Å². The van der Waals surface area contributed by atoms with Gasteiger partial charge in [0.1, 0.15) is 17.0 Å². The molecule has 0 radical (unpaired) electrons. The number of benzene rings is 4. The molecular weight excluding hydrogens is 990 g/mol. The SMILES string of the molecule is C=CC(=O)Nc1cc(N)c(OC)cc1N(C)CCN(C)C.C=CC(=O)Nc1cc(Nc2nccc(-c3cc(F)c4ocnc4c3)n2)c(OC)cc1N(C)CCN(C)C.Fc1cc(-c2ccnc(Cl)n2)cc2c1O[C+]=N2. The Morgan fingerprint density at radius 2 is 1.31 bits per heavy atom. The van der Waals surface area contributed by atoms with Crippen LogP contribution in [0.4, 0.5) is 54.5 Å². The Hall–Kier alpha value is -8.82. The van der Waals surface area contributed by atoms with E-state index in [4.69, 9.17) is 36.0 Å². The average molecular weight is 1050 g/mol. The number of nitrogen functional groups attached to an aromatic ring is 1. The van der Waals surface area contributed by atoms with Crippen molar-refractivity contribution in [2.75, 3.05) is 114 Å². The summed E-state index contributed by atoms with van der Waals surface area (Å²) in [4.78, 5) is 56.4. The number of hydrogen-bond acceptors (Lipinski definition) is 18. The predicted octanol–water partition coefficient (Wildman–Crippen LogP) is 8.56. The largest absolute Gasteiger partial charge is 0.495 e. The molecule has 8 rings (SSSR count). The molecule has 23 heteroatoms. The molecule has 4 aromatic carbocycles. The van der Waals surface area contributed by atoms with E-state index in [2.05, 4.69) is 75.2 Å². The van der Waals surface area contributed by atoms with Gasteiger partial charge in [-0.05, 0) is 93.3 Å². The molecule has 0 saturated carbocycles. The Labute approximate surface area is 437 Å². The van der Waals surface area contributed by atoms with E-state index >= 15 is 0 Å². The van der Waals surface area contributed by atoms with Crippen LogP contribution in [0.25, 0.3) is 33.6 Å². The van der Waals surface area contributed by atoms with Crippen LogP contribution in [0.2, 0.25) is 5.28 Å². The molecule has 75 heavy (non-hydrogen) atoms. The van der Waals surface area contributed by atoms with Crippen molar-refractivity contribution in [2.45, 2.75) is 0 Å². The third kappa shape index (κ3) is 14.7. The van der Waals surface area contributed by atoms with Crippen LogP contribution in [0, 0.1) is 11.6 Å². The van der Waals surface area contributed by atoms with E-state index in [0.717, 1.165) is 37.6 Å². The van der Waals surface area contributed by atoms with E-state index in [1.807, 2.05) is 64.2 Å². The van der Waals surface area contributed by atoms with Crippen LogP contribution < -0.4 is 45.7 Å². The first-order valence-corrected chi connectivity index (χ1v) is 23.2. The number of carbonyl (C=O) groups is 2. The molecule has 1 aliphatic heterocycles. The van der Waals surface area contributed by atoms with E-state index in [0.29, 0.717) is 68.0 Å². The zero-order chi connectivity index (χ0) is 54.3. The quantitative estimate of drug-likeness (QED) is 0.0273. The maximum absolute atomic E-state index is 14.4. The third-order valence-corrected chi connectivity index (χ3v) is 11.2. The normalized spacial score (nSPS) is 11.0. The standard InChI is InChI=1S/C26H28FN7O3.C15H24N4O2.C11H4ClFN3O/c1-6-24(35)30-19-13-20(23(36-5)14-22(19)34(4)10-9-33(2)3)32-26-28-8-7-18(31-26)16-11-17(27)25-21(12-16)29-15-37-25;1-6-15(20)17-12-9-11(16)14(21-5)10-13(12)19(4)8-7-18(2)3;12-11-14-2-1-8(16-11)6-3-7(13)10-9(4-6)15-5-17-10/h6-8,11-15H,1,9-10H2,2-5H3,(H,30,35)(H,28,31,32);6,9-10H,1,7-8,16H2,2-5H3,(H,17,20);1-4H/q;;+1. The van der Waals surface area contributed by atoms with Crippen LogP contribution >= 0.6 is 11.6 Å². The summed E-state index contributed by atoms with van der Waals surface area (Å²) in [5, 5.41) is 8.89. The first-order chi connectivity index (χ1) is 35.9. The number of nitrogens with two attached hydrogens (primary N) is 1. The first-order valence-electron chi connectivity index (χ1n) is 22.8. The number of methoxy groups -OCH3 is 2. The maximum atomic E-state index is 14.4. The van der Waals surface area contributed by atoms with Crippen molar-refractivity contribution in [1.29, 1.82) is 0 Å². The molecule has 7 aromatic rings. The van der Waals surface area contributed by atoms with Crippen molar-refractivity contribution < 1.29 is 37.0 Å². The monoisotopic (exact) mass is 1050 g/mol. The fourth-order valence-electron chi connectivity index (χ4n) is 7.04. The highest BCUT2D eigenvalue weighted by molar-refractivity contribution is 6.28. The van der Waals surface area contributed by atoms with Crippen molar-refractivity contribution in [2.24, 2.45) is 4.99 Å². The van der Waals surface area contributed by atoms with Crippen LogP contribution in [-0.4, -0.2) is 136 Å². The van der Waals surface area contributed by atoms with Gasteiger partial charge < -0.3 is 55.2 Å². The molecule has 0 fully saturated rings. The second-order valence-electron chi connectivity index (χ2n) is 16.9. The average Bonchev–Trinajstić information content (AvgIpc) is 4.09. The van der Waals surface area contributed by atoms with Crippen molar-refractivity contribution in [3.63, 3.8) is 0 Å². The van der Waals surface area contributed by atoms with Gasteiger partial charge in [-0.2, -0.15) is 4.39 Å². The summed E-state index contributed by atoms with van der Waals surface area (Å²) >= 11 is 5.68. The van der Waals surface area contributed by atoms with E-state index in [1.54, 1.807) is 56.8 Å². The van der Waals surface area contributed by atoms with Crippen LogP contribution in [0.5, 0.6) is 17.2 Å². The lowest BCUT2D eigenvalue weighted by atomic mass is 10.1. The number of anilines is 7.